The van der Waals surface area contributed by atoms with Crippen LogP contribution in [-0.2, 0) is 41.9 Å². The van der Waals surface area contributed by atoms with Crippen molar-refractivity contribution in [1.82, 2.24) is 19.5 Å². The molecule has 2 aromatic carbocycles. The molecule has 13 nitrogen and oxygen atoms in total. The first kappa shape index (κ1) is 38.4. The summed E-state index contributed by atoms with van der Waals surface area (Å²) in [6, 6.07) is 18.8. The number of rotatable bonds is 16. The third-order valence-electron chi connectivity index (χ3n) is 9.78. The van der Waals surface area contributed by atoms with Gasteiger partial charge < -0.3 is 34.9 Å². The zero-order chi connectivity index (χ0) is 37.5. The van der Waals surface area contributed by atoms with Crippen molar-refractivity contribution in [3.8, 4) is 0 Å². The van der Waals surface area contributed by atoms with Crippen LogP contribution in [0.3, 0.4) is 0 Å². The average molecular weight is 748 g/mol. The van der Waals surface area contributed by atoms with Gasteiger partial charge in [-0.15, -0.1) is 0 Å². The number of benzene rings is 2. The van der Waals surface area contributed by atoms with E-state index in [-0.39, 0.29) is 48.8 Å². The zero-order valence-electron chi connectivity index (χ0n) is 30.4. The van der Waals surface area contributed by atoms with Crippen molar-refractivity contribution >= 4 is 33.3 Å². The van der Waals surface area contributed by atoms with Gasteiger partial charge in [-0.1, -0.05) is 50.2 Å². The van der Waals surface area contributed by atoms with Crippen LogP contribution in [0.15, 0.2) is 84.0 Å². The molecule has 3 aliphatic rings. The van der Waals surface area contributed by atoms with Gasteiger partial charge in [0.2, 0.25) is 10.0 Å². The molecule has 53 heavy (non-hydrogen) atoms. The molecule has 4 heterocycles. The molecule has 0 spiro atoms. The molecule has 6 rings (SSSR count). The topological polar surface area (TPSA) is 160 Å². The van der Waals surface area contributed by atoms with Gasteiger partial charge in [-0.25, -0.2) is 13.2 Å². The van der Waals surface area contributed by atoms with Gasteiger partial charge in [-0.2, -0.15) is 4.31 Å². The number of pyridine rings is 1. The molecule has 0 saturated carbocycles. The molecule has 0 unspecified atom stereocenters. The van der Waals surface area contributed by atoms with Crippen LogP contribution < -0.4 is 10.6 Å². The number of carbonyl (C=O) groups excluding carboxylic acids is 2. The fraction of sp³-hybridized carbons (Fsp3) is 0.462. The summed E-state index contributed by atoms with van der Waals surface area (Å²) in [6.07, 6.45) is 2.24. The van der Waals surface area contributed by atoms with Gasteiger partial charge in [-0.05, 0) is 61.6 Å². The van der Waals surface area contributed by atoms with E-state index in [9.17, 15) is 23.1 Å². The second-order valence-corrected chi connectivity index (χ2v) is 16.0. The Morgan fingerprint density at radius 3 is 2.64 bits per heavy atom. The third kappa shape index (κ3) is 9.43. The van der Waals surface area contributed by atoms with Crippen molar-refractivity contribution in [2.75, 3.05) is 44.7 Å². The van der Waals surface area contributed by atoms with E-state index in [1.54, 1.807) is 18.5 Å². The summed E-state index contributed by atoms with van der Waals surface area (Å²) in [7, 11) is -4.19. The van der Waals surface area contributed by atoms with Crippen molar-refractivity contribution in [3.05, 3.63) is 95.9 Å². The van der Waals surface area contributed by atoms with Crippen LogP contribution in [0.4, 0.5) is 10.5 Å². The first-order chi connectivity index (χ1) is 25.5. The maximum atomic E-state index is 14.4. The van der Waals surface area contributed by atoms with E-state index in [1.807, 2.05) is 74.2 Å². The highest BCUT2D eigenvalue weighted by Gasteiger charge is 2.44. The molecule has 3 aliphatic heterocycles. The van der Waals surface area contributed by atoms with Crippen molar-refractivity contribution in [2.24, 2.45) is 11.8 Å². The van der Waals surface area contributed by atoms with E-state index in [1.165, 1.54) is 16.4 Å². The summed E-state index contributed by atoms with van der Waals surface area (Å²) in [6.45, 7) is 7.59. The van der Waals surface area contributed by atoms with Crippen LogP contribution in [0.25, 0.3) is 5.57 Å². The summed E-state index contributed by atoms with van der Waals surface area (Å²) < 4.78 is 47.0. The van der Waals surface area contributed by atoms with E-state index in [4.69, 9.17) is 14.2 Å². The van der Waals surface area contributed by atoms with E-state index >= 15 is 0 Å². The Labute approximate surface area is 311 Å². The lowest BCUT2D eigenvalue weighted by atomic mass is 10.0. The minimum atomic E-state index is -4.19. The number of alkyl carbamates (subject to hydrolysis) is 1. The quantitative estimate of drug-likeness (QED) is 0.183. The van der Waals surface area contributed by atoms with Crippen LogP contribution in [0.1, 0.15) is 44.0 Å². The molecule has 3 N–H and O–H groups in total. The fourth-order valence-electron chi connectivity index (χ4n) is 6.94. The Bertz CT molecular complexity index is 1860. The van der Waals surface area contributed by atoms with Crippen molar-refractivity contribution in [1.29, 1.82) is 0 Å². The van der Waals surface area contributed by atoms with Gasteiger partial charge in [0.25, 0.3) is 5.91 Å². The number of aliphatic hydroxyl groups excluding tert-OH is 1. The highest BCUT2D eigenvalue weighted by molar-refractivity contribution is 7.89. The minimum Gasteiger partial charge on any atom is -0.443 e. The van der Waals surface area contributed by atoms with Crippen LogP contribution in [0.5, 0.6) is 0 Å². The second-order valence-electron chi connectivity index (χ2n) is 14.1. The normalized spacial score (nSPS) is 21.4. The van der Waals surface area contributed by atoms with Gasteiger partial charge in [-0.3, -0.25) is 9.78 Å². The number of nitrogens with one attached hydrogen (secondary N) is 2. The lowest BCUT2D eigenvalue weighted by molar-refractivity contribution is -0.110. The molecule has 2 fully saturated rings. The Balaban J connectivity index is 1.21. The molecule has 5 atom stereocenters. The Morgan fingerprint density at radius 2 is 1.91 bits per heavy atom. The largest absolute Gasteiger partial charge is 0.443 e. The number of amides is 2. The maximum absolute atomic E-state index is 14.4. The van der Waals surface area contributed by atoms with Gasteiger partial charge in [0, 0.05) is 61.9 Å². The number of fused-ring (bicyclic) bond motifs is 2. The monoisotopic (exact) mass is 747 g/mol. The predicted octanol–water partition coefficient (Wildman–Crippen LogP) is 4.05. The van der Waals surface area contributed by atoms with Crippen LogP contribution in [0.2, 0.25) is 0 Å². The number of hydrogen-bond acceptors (Lipinski definition) is 10. The van der Waals surface area contributed by atoms with Crippen molar-refractivity contribution in [2.45, 2.75) is 69.5 Å². The molecule has 0 radical (unpaired) electrons. The molecule has 2 saturated heterocycles. The molecular formula is C39H49N5O8S. The molecule has 1 aromatic heterocycles. The number of aromatic nitrogens is 1. The van der Waals surface area contributed by atoms with Gasteiger partial charge in [0.1, 0.15) is 6.10 Å². The number of ether oxygens (including phenoxy) is 3. The first-order valence-electron chi connectivity index (χ1n) is 18.3. The smallest absolute Gasteiger partial charge is 0.407 e. The molecule has 284 valence electrons. The van der Waals surface area contributed by atoms with Crippen molar-refractivity contribution in [3.63, 3.8) is 0 Å². The molecule has 0 aliphatic carbocycles. The Kier molecular flexibility index (Phi) is 12.5. The van der Waals surface area contributed by atoms with Crippen LogP contribution in [0, 0.1) is 11.8 Å². The van der Waals surface area contributed by atoms with E-state index in [0.29, 0.717) is 49.4 Å². The molecular weight excluding hydrogens is 699 g/mol. The van der Waals surface area contributed by atoms with Gasteiger partial charge in [0.05, 0.1) is 41.7 Å². The summed E-state index contributed by atoms with van der Waals surface area (Å²) >= 11 is 0. The minimum absolute atomic E-state index is 0.00965. The van der Waals surface area contributed by atoms with E-state index < -0.39 is 40.7 Å². The Morgan fingerprint density at radius 1 is 1.11 bits per heavy atom. The molecule has 3 aromatic rings. The maximum Gasteiger partial charge on any atom is 0.407 e. The van der Waals surface area contributed by atoms with Crippen LogP contribution >= 0.6 is 0 Å². The predicted molar refractivity (Wildman–Crippen MR) is 199 cm³/mol. The van der Waals surface area contributed by atoms with Gasteiger partial charge in [0.15, 0.2) is 6.29 Å². The number of hydrogen-bond donors (Lipinski definition) is 3. The first-order valence-corrected chi connectivity index (χ1v) is 19.7. The molecule has 14 heteroatoms. The summed E-state index contributed by atoms with van der Waals surface area (Å²) in [5.41, 5.74) is 3.14. The highest BCUT2D eigenvalue weighted by Crippen LogP contribution is 2.35. The third-order valence-corrected chi connectivity index (χ3v) is 11.6. The second kappa shape index (κ2) is 17.2. The molecule has 0 bridgehead atoms. The van der Waals surface area contributed by atoms with Crippen molar-refractivity contribution < 1.29 is 37.3 Å². The summed E-state index contributed by atoms with van der Waals surface area (Å²) in [4.78, 5) is 32.8. The number of carbonyl (C=O) groups is 2. The summed E-state index contributed by atoms with van der Waals surface area (Å²) in [5.74, 6) is -0.464. The lowest BCUT2D eigenvalue weighted by Crippen LogP contribution is -2.51. The fourth-order valence-corrected chi connectivity index (χ4v) is 8.59. The molecule has 2 amide bonds. The average Bonchev–Trinajstić information content (AvgIpc) is 3.85. The van der Waals surface area contributed by atoms with Crippen LogP contribution in [-0.4, -0.2) is 104 Å². The number of nitrogens with zero attached hydrogens (tertiary/aromatic N) is 3. The number of likely N-dealkylation sites (N-methyl/N-ethyl adjacent to an activating group) is 1. The SMILES string of the molecule is CCN(/C=C1\C(=O)Nc2ccc(S(=O)(=O)N(CC(C)C)C[C@@H](O)[C@H](Cc3ccccc3)NC(=O)O[C@H]3CO[C@H]4OCC[C@H]43)cc21)CCc1ccccn1. The lowest BCUT2D eigenvalue weighted by Gasteiger charge is -2.31. The Hall–Kier alpha value is -4.34. The zero-order valence-corrected chi connectivity index (χ0v) is 31.2. The standard InChI is InChI=1S/C39H49N5O8S/c1-4-43(18-15-28-12-8-9-17-40-28)23-32-31-21-29(13-14-33(31)41-37(32)46)53(48,49)44(22-26(2)3)24-35(45)34(20-27-10-6-5-7-11-27)42-39(47)52-36-25-51-38-30(36)16-19-50-38/h5-14,17,21,23,26,30,34-36,38,45H,4,15-16,18-20,22,24-25H2,1-3H3,(H,41,46)(H,42,47)/b32-23-/t30-,34-,35+,36-,38+/m0/s1. The number of aliphatic hydroxyl groups is 1. The number of anilines is 1. The van der Waals surface area contributed by atoms with Gasteiger partial charge >= 0.3 is 6.09 Å². The van der Waals surface area contributed by atoms with E-state index in [2.05, 4.69) is 15.6 Å². The highest BCUT2D eigenvalue weighted by atomic mass is 32.2. The van der Waals surface area contributed by atoms with E-state index in [0.717, 1.165) is 11.3 Å². The number of sulfonamides is 1. The summed E-state index contributed by atoms with van der Waals surface area (Å²) in [5, 5.41) is 17.4.